The van der Waals surface area contributed by atoms with Crippen LogP contribution in [0.2, 0.25) is 0 Å². The first kappa shape index (κ1) is 16.1. The maximum atomic E-state index is 12.2. The Morgan fingerprint density at radius 2 is 1.85 bits per heavy atom. The largest absolute Gasteiger partial charge is 0.351 e. The van der Waals surface area contributed by atoms with Crippen molar-refractivity contribution in [1.29, 1.82) is 0 Å². The molecule has 0 saturated carbocycles. The molecule has 0 fully saturated rings. The fraction of sp³-hybridized carbons (Fsp3) is 0.150. The number of fused-ring (bicyclic) bond motifs is 1. The molecule has 0 aliphatic carbocycles. The number of hydrogen-bond donors (Lipinski definition) is 3. The number of aryl methyl sites for hydroxylation is 1. The molecule has 0 aliphatic rings. The number of aromatic nitrogens is 4. The molecular weight excluding hydrogens is 326 g/mol. The summed E-state index contributed by atoms with van der Waals surface area (Å²) in [6, 6.07) is 19.5. The van der Waals surface area contributed by atoms with Crippen LogP contribution in [0.3, 0.4) is 0 Å². The Balaban J connectivity index is 1.29. The summed E-state index contributed by atoms with van der Waals surface area (Å²) in [5.41, 5.74) is 4.22. The van der Waals surface area contributed by atoms with Gasteiger partial charge in [-0.25, -0.2) is 4.98 Å². The van der Waals surface area contributed by atoms with E-state index in [1.165, 1.54) is 0 Å². The summed E-state index contributed by atoms with van der Waals surface area (Å²) >= 11 is 0. The smallest absolute Gasteiger partial charge is 0.269 e. The van der Waals surface area contributed by atoms with E-state index in [0.717, 1.165) is 41.0 Å². The van der Waals surface area contributed by atoms with Crippen molar-refractivity contribution in [3.05, 3.63) is 72.2 Å². The van der Waals surface area contributed by atoms with Gasteiger partial charge in [0.1, 0.15) is 11.5 Å². The lowest BCUT2D eigenvalue weighted by molar-refractivity contribution is 0.0948. The minimum absolute atomic E-state index is 0.149. The van der Waals surface area contributed by atoms with E-state index < -0.39 is 0 Å². The molecule has 0 aliphatic heterocycles. The van der Waals surface area contributed by atoms with Crippen molar-refractivity contribution in [3.8, 4) is 11.3 Å². The Labute approximate surface area is 150 Å². The van der Waals surface area contributed by atoms with Crippen LogP contribution in [0.4, 0.5) is 0 Å². The van der Waals surface area contributed by atoms with E-state index in [-0.39, 0.29) is 5.91 Å². The summed E-state index contributed by atoms with van der Waals surface area (Å²) in [6.45, 7) is 0.579. The molecule has 130 valence electrons. The fourth-order valence-corrected chi connectivity index (χ4v) is 2.87. The molecule has 6 heteroatoms. The monoisotopic (exact) mass is 345 g/mol. The molecule has 0 unspecified atom stereocenters. The first-order valence-electron chi connectivity index (χ1n) is 8.62. The van der Waals surface area contributed by atoms with Gasteiger partial charge in [0.25, 0.3) is 5.91 Å². The highest BCUT2D eigenvalue weighted by atomic mass is 16.1. The van der Waals surface area contributed by atoms with Gasteiger partial charge in [-0.1, -0.05) is 42.5 Å². The normalized spacial score (nSPS) is 10.9. The van der Waals surface area contributed by atoms with E-state index in [1.807, 2.05) is 54.6 Å². The molecule has 1 amide bonds. The first-order chi connectivity index (χ1) is 12.8. The van der Waals surface area contributed by atoms with E-state index in [2.05, 4.69) is 25.5 Å². The molecule has 2 aromatic carbocycles. The highest BCUT2D eigenvalue weighted by Crippen LogP contribution is 2.16. The number of para-hydroxylation sites is 2. The quantitative estimate of drug-likeness (QED) is 0.469. The SMILES string of the molecule is O=C(NCCCc1nc2ccccc2[nH]1)c1cc(-c2ccccc2)n[nH]1. The van der Waals surface area contributed by atoms with Crippen molar-refractivity contribution in [2.24, 2.45) is 0 Å². The summed E-state index contributed by atoms with van der Waals surface area (Å²) in [6.07, 6.45) is 1.60. The van der Waals surface area contributed by atoms with E-state index in [9.17, 15) is 4.79 Å². The summed E-state index contributed by atoms with van der Waals surface area (Å²) in [5.74, 6) is 0.789. The van der Waals surface area contributed by atoms with Gasteiger partial charge in [0.15, 0.2) is 0 Å². The molecule has 0 saturated heterocycles. The van der Waals surface area contributed by atoms with Gasteiger partial charge in [-0.2, -0.15) is 5.10 Å². The first-order valence-corrected chi connectivity index (χ1v) is 8.62. The lowest BCUT2D eigenvalue weighted by Crippen LogP contribution is -2.25. The van der Waals surface area contributed by atoms with E-state index in [4.69, 9.17) is 0 Å². The maximum absolute atomic E-state index is 12.2. The molecule has 6 nitrogen and oxygen atoms in total. The number of rotatable bonds is 6. The lowest BCUT2D eigenvalue weighted by atomic mass is 10.1. The Bertz CT molecular complexity index is 986. The zero-order valence-corrected chi connectivity index (χ0v) is 14.2. The Morgan fingerprint density at radius 3 is 2.69 bits per heavy atom. The number of nitrogens with one attached hydrogen (secondary N) is 3. The van der Waals surface area contributed by atoms with Gasteiger partial charge >= 0.3 is 0 Å². The molecule has 0 radical (unpaired) electrons. The molecule has 26 heavy (non-hydrogen) atoms. The number of H-pyrrole nitrogens is 2. The van der Waals surface area contributed by atoms with Crippen LogP contribution in [0.15, 0.2) is 60.7 Å². The number of imidazole rings is 1. The van der Waals surface area contributed by atoms with Gasteiger partial charge in [0, 0.05) is 18.5 Å². The molecule has 4 aromatic rings. The third-order valence-electron chi connectivity index (χ3n) is 4.21. The van der Waals surface area contributed by atoms with E-state index >= 15 is 0 Å². The van der Waals surface area contributed by atoms with E-state index in [0.29, 0.717) is 12.2 Å². The second-order valence-electron chi connectivity index (χ2n) is 6.09. The van der Waals surface area contributed by atoms with Crippen molar-refractivity contribution in [1.82, 2.24) is 25.5 Å². The zero-order chi connectivity index (χ0) is 17.8. The van der Waals surface area contributed by atoms with Crippen LogP contribution in [0.1, 0.15) is 22.7 Å². The number of hydrogen-bond acceptors (Lipinski definition) is 3. The second-order valence-corrected chi connectivity index (χ2v) is 6.09. The number of benzene rings is 2. The van der Waals surface area contributed by atoms with Gasteiger partial charge in [-0.3, -0.25) is 9.89 Å². The maximum Gasteiger partial charge on any atom is 0.269 e. The minimum atomic E-state index is -0.149. The summed E-state index contributed by atoms with van der Waals surface area (Å²) in [5, 5.41) is 9.92. The molecule has 2 heterocycles. The highest BCUT2D eigenvalue weighted by Gasteiger charge is 2.10. The average Bonchev–Trinajstić information content (AvgIpc) is 3.32. The Hall–Kier alpha value is -3.41. The van der Waals surface area contributed by atoms with Crippen molar-refractivity contribution in [2.75, 3.05) is 6.54 Å². The lowest BCUT2D eigenvalue weighted by Gasteiger charge is -2.02. The van der Waals surface area contributed by atoms with Crippen molar-refractivity contribution in [3.63, 3.8) is 0 Å². The minimum Gasteiger partial charge on any atom is -0.351 e. The predicted octanol–water partition coefficient (Wildman–Crippen LogP) is 3.32. The molecule has 2 aromatic heterocycles. The van der Waals surface area contributed by atoms with Gasteiger partial charge in [0.05, 0.1) is 16.7 Å². The van der Waals surface area contributed by atoms with Crippen LogP contribution in [-0.2, 0) is 6.42 Å². The number of nitrogens with zero attached hydrogens (tertiary/aromatic N) is 2. The second kappa shape index (κ2) is 7.23. The number of aromatic amines is 2. The van der Waals surface area contributed by atoms with Crippen LogP contribution in [-0.4, -0.2) is 32.6 Å². The van der Waals surface area contributed by atoms with Gasteiger partial charge in [0.2, 0.25) is 0 Å². The van der Waals surface area contributed by atoms with Crippen LogP contribution in [0, 0.1) is 0 Å². The van der Waals surface area contributed by atoms with Gasteiger partial charge < -0.3 is 10.3 Å². The fourth-order valence-electron chi connectivity index (χ4n) is 2.87. The summed E-state index contributed by atoms with van der Waals surface area (Å²) in [4.78, 5) is 20.1. The Morgan fingerprint density at radius 1 is 1.04 bits per heavy atom. The molecule has 0 spiro atoms. The van der Waals surface area contributed by atoms with Crippen molar-refractivity contribution < 1.29 is 4.79 Å². The number of amides is 1. The van der Waals surface area contributed by atoms with Gasteiger partial charge in [-0.05, 0) is 24.6 Å². The zero-order valence-electron chi connectivity index (χ0n) is 14.2. The van der Waals surface area contributed by atoms with Crippen LogP contribution >= 0.6 is 0 Å². The summed E-state index contributed by atoms with van der Waals surface area (Å²) < 4.78 is 0. The van der Waals surface area contributed by atoms with Crippen molar-refractivity contribution >= 4 is 16.9 Å². The van der Waals surface area contributed by atoms with Crippen LogP contribution in [0.25, 0.3) is 22.3 Å². The van der Waals surface area contributed by atoms with Gasteiger partial charge in [-0.15, -0.1) is 0 Å². The average molecular weight is 345 g/mol. The molecule has 0 bridgehead atoms. The highest BCUT2D eigenvalue weighted by molar-refractivity contribution is 5.93. The summed E-state index contributed by atoms with van der Waals surface area (Å²) in [7, 11) is 0. The van der Waals surface area contributed by atoms with Crippen molar-refractivity contribution in [2.45, 2.75) is 12.8 Å². The molecule has 4 rings (SSSR count). The third-order valence-corrected chi connectivity index (χ3v) is 4.21. The van der Waals surface area contributed by atoms with E-state index in [1.54, 1.807) is 6.07 Å². The van der Waals surface area contributed by atoms with Crippen LogP contribution in [0.5, 0.6) is 0 Å². The predicted molar refractivity (Wildman–Crippen MR) is 101 cm³/mol. The third kappa shape index (κ3) is 3.49. The molecule has 3 N–H and O–H groups in total. The molecular formula is C20H19N5O. The Kier molecular flexibility index (Phi) is 4.47. The molecule has 0 atom stereocenters. The van der Waals surface area contributed by atoms with Crippen LogP contribution < -0.4 is 5.32 Å². The standard InChI is InChI=1S/C20H19N5O/c26-20(18-13-17(24-25-18)14-7-2-1-3-8-14)21-12-6-11-19-22-15-9-4-5-10-16(15)23-19/h1-5,7-10,13H,6,11-12H2,(H,21,26)(H,22,23)(H,24,25). The number of carbonyl (C=O) groups is 1. The topological polar surface area (TPSA) is 86.5 Å². The number of carbonyl (C=O) groups excluding carboxylic acids is 1.